The highest BCUT2D eigenvalue weighted by molar-refractivity contribution is 5.60. The number of hydrogen-bond acceptors (Lipinski definition) is 2. The predicted octanol–water partition coefficient (Wildman–Crippen LogP) is 4.22. The van der Waals surface area contributed by atoms with Crippen LogP contribution in [-0.4, -0.2) is 4.98 Å². The fourth-order valence-electron chi connectivity index (χ4n) is 3.61. The zero-order chi connectivity index (χ0) is 13.5. The van der Waals surface area contributed by atoms with E-state index in [0.29, 0.717) is 17.9 Å². The molecule has 3 atom stereocenters. The van der Waals surface area contributed by atoms with Gasteiger partial charge in [-0.2, -0.15) is 0 Å². The number of nitrogens with one attached hydrogen (secondary N) is 1. The highest BCUT2D eigenvalue weighted by atomic mass is 15.0. The normalized spacial score (nSPS) is 26.8. The van der Waals surface area contributed by atoms with Crippen LogP contribution in [0.3, 0.4) is 0 Å². The third kappa shape index (κ3) is 1.75. The largest absolute Gasteiger partial charge is 0.378 e. The second-order valence-corrected chi connectivity index (χ2v) is 5.85. The Morgan fingerprint density at radius 2 is 2.00 bits per heavy atom. The average molecular weight is 262 g/mol. The Morgan fingerprint density at radius 1 is 1.15 bits per heavy atom. The first-order chi connectivity index (χ1) is 9.83. The van der Waals surface area contributed by atoms with Crippen molar-refractivity contribution in [3.05, 3.63) is 71.6 Å². The standard InChI is InChI=1S/C18H18N2/c1-12-5-6-17-16(11-12)14-3-2-4-15(14)18(20-17)13-7-9-19-10-8-13/h2-3,5-11,14-15,18,20H,4H2,1H3/t14-,15-,18+/m1/s1. The van der Waals surface area contributed by atoms with Crippen molar-refractivity contribution in [2.24, 2.45) is 5.92 Å². The van der Waals surface area contributed by atoms with E-state index in [1.807, 2.05) is 12.4 Å². The van der Waals surface area contributed by atoms with E-state index in [1.54, 1.807) is 0 Å². The van der Waals surface area contributed by atoms with Gasteiger partial charge in [0.25, 0.3) is 0 Å². The molecule has 1 aromatic heterocycles. The number of nitrogens with zero attached hydrogens (tertiary/aromatic N) is 1. The molecule has 4 rings (SSSR count). The van der Waals surface area contributed by atoms with Crippen LogP contribution in [0.15, 0.2) is 54.9 Å². The zero-order valence-corrected chi connectivity index (χ0v) is 11.6. The van der Waals surface area contributed by atoms with E-state index in [1.165, 1.54) is 22.4 Å². The second-order valence-electron chi connectivity index (χ2n) is 5.85. The van der Waals surface area contributed by atoms with Crippen LogP contribution < -0.4 is 5.32 Å². The monoisotopic (exact) mass is 262 g/mol. The van der Waals surface area contributed by atoms with E-state index in [4.69, 9.17) is 0 Å². The molecule has 100 valence electrons. The minimum absolute atomic E-state index is 0.383. The summed E-state index contributed by atoms with van der Waals surface area (Å²) >= 11 is 0. The number of anilines is 1. The summed E-state index contributed by atoms with van der Waals surface area (Å²) in [5, 5.41) is 3.74. The third-order valence-electron chi connectivity index (χ3n) is 4.58. The summed E-state index contributed by atoms with van der Waals surface area (Å²) in [5.74, 6) is 1.16. The summed E-state index contributed by atoms with van der Waals surface area (Å²) in [6, 6.07) is 11.4. The van der Waals surface area contributed by atoms with Crippen LogP contribution in [0, 0.1) is 12.8 Å². The fourth-order valence-corrected chi connectivity index (χ4v) is 3.61. The van der Waals surface area contributed by atoms with Gasteiger partial charge in [-0.25, -0.2) is 0 Å². The van der Waals surface area contributed by atoms with Crippen molar-refractivity contribution in [2.45, 2.75) is 25.3 Å². The first-order valence-corrected chi connectivity index (χ1v) is 7.26. The van der Waals surface area contributed by atoms with Gasteiger partial charge in [0.15, 0.2) is 0 Å². The molecule has 2 heteroatoms. The van der Waals surface area contributed by atoms with Crippen LogP contribution in [0.2, 0.25) is 0 Å². The third-order valence-corrected chi connectivity index (χ3v) is 4.58. The van der Waals surface area contributed by atoms with Gasteiger partial charge in [-0.1, -0.05) is 29.8 Å². The van der Waals surface area contributed by atoms with E-state index in [2.05, 4.69) is 59.7 Å². The van der Waals surface area contributed by atoms with Crippen LogP contribution in [-0.2, 0) is 0 Å². The van der Waals surface area contributed by atoms with Gasteiger partial charge in [0.05, 0.1) is 6.04 Å². The molecule has 0 radical (unpaired) electrons. The molecule has 0 bridgehead atoms. The maximum Gasteiger partial charge on any atom is 0.0555 e. The Labute approximate surface area is 119 Å². The molecule has 2 aliphatic rings. The molecule has 0 spiro atoms. The van der Waals surface area contributed by atoms with Crippen molar-refractivity contribution in [2.75, 3.05) is 5.32 Å². The highest BCUT2D eigenvalue weighted by Gasteiger charge is 2.37. The molecule has 20 heavy (non-hydrogen) atoms. The quantitative estimate of drug-likeness (QED) is 0.778. The molecule has 0 fully saturated rings. The molecule has 1 aliphatic heterocycles. The number of rotatable bonds is 1. The van der Waals surface area contributed by atoms with E-state index < -0.39 is 0 Å². The van der Waals surface area contributed by atoms with Crippen molar-refractivity contribution in [3.8, 4) is 0 Å². The van der Waals surface area contributed by atoms with Crippen molar-refractivity contribution in [1.29, 1.82) is 0 Å². The first-order valence-electron chi connectivity index (χ1n) is 7.26. The van der Waals surface area contributed by atoms with E-state index in [9.17, 15) is 0 Å². The first kappa shape index (κ1) is 11.7. The van der Waals surface area contributed by atoms with Gasteiger partial charge >= 0.3 is 0 Å². The summed E-state index contributed by atoms with van der Waals surface area (Å²) < 4.78 is 0. The van der Waals surface area contributed by atoms with Crippen LogP contribution in [0.4, 0.5) is 5.69 Å². The molecule has 1 aromatic carbocycles. The van der Waals surface area contributed by atoms with Crippen LogP contribution >= 0.6 is 0 Å². The molecule has 0 amide bonds. The maximum absolute atomic E-state index is 4.14. The Balaban J connectivity index is 1.80. The van der Waals surface area contributed by atoms with Crippen LogP contribution in [0.5, 0.6) is 0 Å². The SMILES string of the molecule is Cc1ccc2c(c1)[C@@H]1C=CC[C@H]1[C@H](c1ccncc1)N2. The Bertz CT molecular complexity index is 660. The van der Waals surface area contributed by atoms with Crippen molar-refractivity contribution in [3.63, 3.8) is 0 Å². The number of benzene rings is 1. The summed E-state index contributed by atoms with van der Waals surface area (Å²) in [7, 11) is 0. The number of hydrogen-bond donors (Lipinski definition) is 1. The lowest BCUT2D eigenvalue weighted by molar-refractivity contribution is 0.425. The number of aryl methyl sites for hydroxylation is 1. The average Bonchev–Trinajstić information content (AvgIpc) is 2.97. The topological polar surface area (TPSA) is 24.9 Å². The fraction of sp³-hybridized carbons (Fsp3) is 0.278. The predicted molar refractivity (Wildman–Crippen MR) is 81.8 cm³/mol. The molecular formula is C18H18N2. The molecule has 0 unspecified atom stereocenters. The van der Waals surface area contributed by atoms with Crippen molar-refractivity contribution in [1.82, 2.24) is 4.98 Å². The highest BCUT2D eigenvalue weighted by Crippen LogP contribution is 2.49. The summed E-state index contributed by atoms with van der Waals surface area (Å²) in [4.78, 5) is 4.14. The van der Waals surface area contributed by atoms with Gasteiger partial charge in [0, 0.05) is 24.0 Å². The minimum Gasteiger partial charge on any atom is -0.378 e. The van der Waals surface area contributed by atoms with E-state index >= 15 is 0 Å². The van der Waals surface area contributed by atoms with Gasteiger partial charge in [-0.3, -0.25) is 4.98 Å². The Kier molecular flexibility index (Phi) is 2.62. The maximum atomic E-state index is 4.14. The molecule has 0 saturated carbocycles. The smallest absolute Gasteiger partial charge is 0.0555 e. The summed E-state index contributed by atoms with van der Waals surface area (Å²) in [6.07, 6.45) is 9.65. The molecule has 1 N–H and O–H groups in total. The van der Waals surface area contributed by atoms with Gasteiger partial charge in [0.2, 0.25) is 0 Å². The molecule has 2 aromatic rings. The Morgan fingerprint density at radius 3 is 2.85 bits per heavy atom. The van der Waals surface area contributed by atoms with Crippen molar-refractivity contribution >= 4 is 5.69 Å². The van der Waals surface area contributed by atoms with Gasteiger partial charge < -0.3 is 5.32 Å². The Hall–Kier alpha value is -2.09. The molecule has 0 saturated heterocycles. The zero-order valence-electron chi connectivity index (χ0n) is 11.6. The summed E-state index contributed by atoms with van der Waals surface area (Å²) in [6.45, 7) is 2.17. The van der Waals surface area contributed by atoms with Crippen LogP contribution in [0.25, 0.3) is 0 Å². The molecule has 2 heterocycles. The van der Waals surface area contributed by atoms with Crippen molar-refractivity contribution < 1.29 is 0 Å². The minimum atomic E-state index is 0.383. The lowest BCUT2D eigenvalue weighted by Gasteiger charge is -2.37. The lowest BCUT2D eigenvalue weighted by atomic mass is 9.77. The van der Waals surface area contributed by atoms with Crippen LogP contribution in [0.1, 0.15) is 35.1 Å². The molecule has 1 aliphatic carbocycles. The van der Waals surface area contributed by atoms with Gasteiger partial charge in [0.1, 0.15) is 0 Å². The number of fused-ring (bicyclic) bond motifs is 3. The molecule has 2 nitrogen and oxygen atoms in total. The van der Waals surface area contributed by atoms with E-state index in [-0.39, 0.29) is 0 Å². The molecular weight excluding hydrogens is 244 g/mol. The number of aromatic nitrogens is 1. The number of allylic oxidation sites excluding steroid dienone is 2. The second kappa shape index (κ2) is 4.48. The lowest BCUT2D eigenvalue weighted by Crippen LogP contribution is -2.29. The van der Waals surface area contributed by atoms with E-state index in [0.717, 1.165) is 6.42 Å². The number of pyridine rings is 1. The summed E-state index contributed by atoms with van der Waals surface area (Å²) in [5.41, 5.74) is 5.41. The van der Waals surface area contributed by atoms with Gasteiger partial charge in [-0.15, -0.1) is 0 Å². The van der Waals surface area contributed by atoms with Gasteiger partial charge in [-0.05, 0) is 48.6 Å².